The minimum Gasteiger partial charge on any atom is -0.356 e. The summed E-state index contributed by atoms with van der Waals surface area (Å²) in [7, 11) is 0. The summed E-state index contributed by atoms with van der Waals surface area (Å²) < 4.78 is 0. The van der Waals surface area contributed by atoms with Crippen molar-refractivity contribution in [3.05, 3.63) is 83.9 Å². The van der Waals surface area contributed by atoms with Gasteiger partial charge in [-0.25, -0.2) is 0 Å². The lowest BCUT2D eigenvalue weighted by molar-refractivity contribution is 0.0780. The summed E-state index contributed by atoms with van der Waals surface area (Å²) in [5.74, 6) is 2.49. The van der Waals surface area contributed by atoms with E-state index in [0.29, 0.717) is 17.5 Å². The third kappa shape index (κ3) is 5.28. The average molecular weight is 482 g/mol. The third-order valence-electron chi connectivity index (χ3n) is 8.09. The van der Waals surface area contributed by atoms with E-state index in [1.165, 1.54) is 37.7 Å². The van der Waals surface area contributed by atoms with Crippen LogP contribution in [0, 0.1) is 17.8 Å². The smallest absolute Gasteiger partial charge is 0.253 e. The van der Waals surface area contributed by atoms with Gasteiger partial charge in [0.15, 0.2) is 0 Å². The van der Waals surface area contributed by atoms with Crippen molar-refractivity contribution in [2.45, 2.75) is 58.3 Å². The van der Waals surface area contributed by atoms with E-state index in [2.05, 4.69) is 66.2 Å². The zero-order chi connectivity index (χ0) is 25.1. The Hall–Kier alpha value is -3.27. The van der Waals surface area contributed by atoms with Crippen molar-refractivity contribution in [2.75, 3.05) is 17.2 Å². The SMILES string of the molecule is CCNC(=O)c1ccccc1Nc1ccc(Nc2ccc(C34CC(C)CC(CC(C)C3)C4)cc2)cc1. The molecule has 2 aliphatic rings. The van der Waals surface area contributed by atoms with Gasteiger partial charge in [-0.3, -0.25) is 4.79 Å². The summed E-state index contributed by atoms with van der Waals surface area (Å²) in [5.41, 5.74) is 6.45. The Morgan fingerprint density at radius 1 is 0.778 bits per heavy atom. The number of fused-ring (bicyclic) bond motifs is 2. The predicted octanol–water partition coefficient (Wildman–Crippen LogP) is 8.03. The number of para-hydroxylation sites is 1. The molecule has 5 rings (SSSR count). The molecule has 3 aromatic rings. The fourth-order valence-corrected chi connectivity index (χ4v) is 6.97. The van der Waals surface area contributed by atoms with Crippen LogP contribution in [0.5, 0.6) is 0 Å². The number of amides is 1. The van der Waals surface area contributed by atoms with Crippen LogP contribution in [0.25, 0.3) is 0 Å². The molecule has 0 aromatic heterocycles. The van der Waals surface area contributed by atoms with Gasteiger partial charge in [-0.15, -0.1) is 0 Å². The lowest BCUT2D eigenvalue weighted by Crippen LogP contribution is -2.42. The van der Waals surface area contributed by atoms with Gasteiger partial charge in [0.25, 0.3) is 5.91 Å². The van der Waals surface area contributed by atoms with Crippen molar-refractivity contribution in [2.24, 2.45) is 17.8 Å². The minimum atomic E-state index is -0.0669. The van der Waals surface area contributed by atoms with E-state index >= 15 is 0 Å². The molecule has 0 radical (unpaired) electrons. The largest absolute Gasteiger partial charge is 0.356 e. The van der Waals surface area contributed by atoms with E-state index in [9.17, 15) is 4.79 Å². The molecule has 2 saturated carbocycles. The maximum Gasteiger partial charge on any atom is 0.253 e. The number of carbonyl (C=O) groups excluding carboxylic acids is 1. The highest BCUT2D eigenvalue weighted by Crippen LogP contribution is 2.54. The Kier molecular flexibility index (Phi) is 7.04. The standard InChI is InChI=1S/C32H39N3O/c1-4-33-31(36)29-7-5-6-8-30(29)35-28-15-13-27(14-16-28)34-26-11-9-25(10-12-26)32-19-22(2)17-24(21-32)18-23(3)20-32/h5-16,22-24,34-35H,4,17-21H2,1-3H3,(H,33,36). The molecule has 36 heavy (non-hydrogen) atoms. The molecule has 2 atom stereocenters. The molecule has 0 spiro atoms. The number of rotatable bonds is 7. The van der Waals surface area contributed by atoms with E-state index in [0.717, 1.165) is 40.5 Å². The molecule has 2 bridgehead atoms. The molecule has 1 amide bonds. The van der Waals surface area contributed by atoms with Crippen LogP contribution < -0.4 is 16.0 Å². The van der Waals surface area contributed by atoms with Gasteiger partial charge in [-0.2, -0.15) is 0 Å². The number of hydrogen-bond donors (Lipinski definition) is 3. The summed E-state index contributed by atoms with van der Waals surface area (Å²) in [6, 6.07) is 25.0. The molecule has 188 valence electrons. The third-order valence-corrected chi connectivity index (χ3v) is 8.09. The molecule has 3 aromatic carbocycles. The fraction of sp³-hybridized carbons (Fsp3) is 0.406. The van der Waals surface area contributed by atoms with E-state index in [1.54, 1.807) is 0 Å². The molecular weight excluding hydrogens is 442 g/mol. The van der Waals surface area contributed by atoms with Gasteiger partial charge in [0.1, 0.15) is 0 Å². The monoisotopic (exact) mass is 481 g/mol. The Morgan fingerprint density at radius 3 is 1.94 bits per heavy atom. The highest BCUT2D eigenvalue weighted by molar-refractivity contribution is 6.00. The number of hydrogen-bond acceptors (Lipinski definition) is 3. The first-order valence-corrected chi connectivity index (χ1v) is 13.6. The summed E-state index contributed by atoms with van der Waals surface area (Å²) >= 11 is 0. The lowest BCUT2D eigenvalue weighted by atomic mass is 9.54. The maximum absolute atomic E-state index is 12.4. The number of anilines is 4. The van der Waals surface area contributed by atoms with Crippen LogP contribution in [0.4, 0.5) is 22.7 Å². The zero-order valence-corrected chi connectivity index (χ0v) is 21.8. The molecule has 2 unspecified atom stereocenters. The first kappa shape index (κ1) is 24.4. The molecule has 0 heterocycles. The Morgan fingerprint density at radius 2 is 1.33 bits per heavy atom. The van der Waals surface area contributed by atoms with E-state index in [4.69, 9.17) is 0 Å². The van der Waals surface area contributed by atoms with Crippen molar-refractivity contribution < 1.29 is 4.79 Å². The van der Waals surface area contributed by atoms with Gasteiger partial charge in [0.2, 0.25) is 0 Å². The minimum absolute atomic E-state index is 0.0669. The van der Waals surface area contributed by atoms with Crippen LogP contribution in [0.2, 0.25) is 0 Å². The summed E-state index contributed by atoms with van der Waals surface area (Å²) in [6.07, 6.45) is 6.85. The second-order valence-corrected chi connectivity index (χ2v) is 11.3. The highest BCUT2D eigenvalue weighted by atomic mass is 16.1. The van der Waals surface area contributed by atoms with Crippen LogP contribution in [0.1, 0.15) is 68.8 Å². The van der Waals surface area contributed by atoms with Crippen molar-refractivity contribution >= 4 is 28.7 Å². The molecule has 3 N–H and O–H groups in total. The Balaban J connectivity index is 1.26. The second-order valence-electron chi connectivity index (χ2n) is 11.3. The van der Waals surface area contributed by atoms with E-state index in [-0.39, 0.29) is 5.91 Å². The van der Waals surface area contributed by atoms with Crippen LogP contribution >= 0.6 is 0 Å². The van der Waals surface area contributed by atoms with Crippen LogP contribution in [-0.4, -0.2) is 12.5 Å². The van der Waals surface area contributed by atoms with Crippen molar-refractivity contribution in [1.82, 2.24) is 5.32 Å². The molecule has 0 saturated heterocycles. The quantitative estimate of drug-likeness (QED) is 0.320. The van der Waals surface area contributed by atoms with Gasteiger partial charge in [0.05, 0.1) is 11.3 Å². The van der Waals surface area contributed by atoms with Gasteiger partial charge in [-0.05, 0) is 116 Å². The van der Waals surface area contributed by atoms with Crippen LogP contribution in [0.15, 0.2) is 72.8 Å². The second kappa shape index (κ2) is 10.4. The number of carbonyl (C=O) groups is 1. The predicted molar refractivity (Wildman–Crippen MR) is 150 cm³/mol. The van der Waals surface area contributed by atoms with Gasteiger partial charge in [-0.1, -0.05) is 38.1 Å². The normalized spacial score (nSPS) is 25.1. The molecule has 2 aliphatic carbocycles. The lowest BCUT2D eigenvalue weighted by Gasteiger charge is -2.50. The van der Waals surface area contributed by atoms with E-state index < -0.39 is 0 Å². The van der Waals surface area contributed by atoms with Crippen molar-refractivity contribution in [3.63, 3.8) is 0 Å². The topological polar surface area (TPSA) is 53.2 Å². The zero-order valence-electron chi connectivity index (χ0n) is 21.8. The highest BCUT2D eigenvalue weighted by Gasteiger charge is 2.45. The summed E-state index contributed by atoms with van der Waals surface area (Å²) in [6.45, 7) is 7.43. The van der Waals surface area contributed by atoms with Crippen LogP contribution in [-0.2, 0) is 5.41 Å². The average Bonchev–Trinajstić information content (AvgIpc) is 2.85. The van der Waals surface area contributed by atoms with Crippen LogP contribution in [0.3, 0.4) is 0 Å². The first-order valence-electron chi connectivity index (χ1n) is 13.6. The number of benzene rings is 3. The molecular formula is C32H39N3O. The summed E-state index contributed by atoms with van der Waals surface area (Å²) in [5, 5.41) is 9.81. The van der Waals surface area contributed by atoms with E-state index in [1.807, 2.05) is 43.3 Å². The maximum atomic E-state index is 12.4. The van der Waals surface area contributed by atoms with Crippen molar-refractivity contribution in [3.8, 4) is 0 Å². The molecule has 4 nitrogen and oxygen atoms in total. The van der Waals surface area contributed by atoms with Gasteiger partial charge < -0.3 is 16.0 Å². The van der Waals surface area contributed by atoms with Crippen molar-refractivity contribution in [1.29, 1.82) is 0 Å². The molecule has 4 heteroatoms. The molecule has 2 fully saturated rings. The fourth-order valence-electron chi connectivity index (χ4n) is 6.97. The number of nitrogens with one attached hydrogen (secondary N) is 3. The molecule has 0 aliphatic heterocycles. The van der Waals surface area contributed by atoms with Gasteiger partial charge >= 0.3 is 0 Å². The van der Waals surface area contributed by atoms with Gasteiger partial charge in [0, 0.05) is 23.6 Å². The Labute approximate surface area is 215 Å². The summed E-state index contributed by atoms with van der Waals surface area (Å²) in [4.78, 5) is 12.4. The first-order chi connectivity index (χ1) is 17.4. The Bertz CT molecular complexity index is 1170.